The van der Waals surface area contributed by atoms with Crippen molar-refractivity contribution in [2.75, 3.05) is 6.54 Å². The molecule has 1 unspecified atom stereocenters. The Hall–Kier alpha value is -1.06. The fraction of sp³-hybridized carbons (Fsp3) is 0.385. The Labute approximate surface area is 100 Å². The van der Waals surface area contributed by atoms with E-state index in [0.29, 0.717) is 6.04 Å². The number of hydrogen-bond donors (Lipinski definition) is 1. The van der Waals surface area contributed by atoms with E-state index >= 15 is 0 Å². The summed E-state index contributed by atoms with van der Waals surface area (Å²) in [4.78, 5) is 2.77. The first kappa shape index (κ1) is 11.4. The van der Waals surface area contributed by atoms with E-state index in [1.54, 1.807) is 6.26 Å². The van der Waals surface area contributed by atoms with E-state index in [4.69, 9.17) is 4.42 Å². The fourth-order valence-corrected chi connectivity index (χ4v) is 2.76. The van der Waals surface area contributed by atoms with E-state index < -0.39 is 0 Å². The SMILES string of the molecule is CCNC(Cc1ccoc1)c1ccc(C)s1. The van der Waals surface area contributed by atoms with E-state index in [1.807, 2.05) is 23.7 Å². The second kappa shape index (κ2) is 5.32. The molecule has 2 rings (SSSR count). The molecule has 0 bridgehead atoms. The fourth-order valence-electron chi connectivity index (χ4n) is 1.80. The van der Waals surface area contributed by atoms with Crippen molar-refractivity contribution in [1.82, 2.24) is 5.32 Å². The molecular weight excluding hydrogens is 218 g/mol. The Morgan fingerprint density at radius 1 is 1.38 bits per heavy atom. The lowest BCUT2D eigenvalue weighted by Gasteiger charge is -2.15. The lowest BCUT2D eigenvalue weighted by atomic mass is 10.1. The van der Waals surface area contributed by atoms with Crippen LogP contribution in [0.4, 0.5) is 0 Å². The molecule has 2 aromatic heterocycles. The molecule has 1 N–H and O–H groups in total. The van der Waals surface area contributed by atoms with Gasteiger partial charge in [0.15, 0.2) is 0 Å². The molecule has 0 aliphatic carbocycles. The largest absolute Gasteiger partial charge is 0.472 e. The van der Waals surface area contributed by atoms with Crippen molar-refractivity contribution in [2.24, 2.45) is 0 Å². The highest BCUT2D eigenvalue weighted by Crippen LogP contribution is 2.25. The van der Waals surface area contributed by atoms with Crippen LogP contribution in [0.1, 0.15) is 28.3 Å². The van der Waals surface area contributed by atoms with Crippen molar-refractivity contribution >= 4 is 11.3 Å². The van der Waals surface area contributed by atoms with Gasteiger partial charge in [-0.3, -0.25) is 0 Å². The summed E-state index contributed by atoms with van der Waals surface area (Å²) in [6.07, 6.45) is 4.55. The Kier molecular flexibility index (Phi) is 3.80. The Balaban J connectivity index is 2.11. The van der Waals surface area contributed by atoms with Crippen LogP contribution in [0.5, 0.6) is 0 Å². The smallest absolute Gasteiger partial charge is 0.0935 e. The maximum absolute atomic E-state index is 5.11. The van der Waals surface area contributed by atoms with Crippen LogP contribution in [-0.4, -0.2) is 6.54 Å². The summed E-state index contributed by atoms with van der Waals surface area (Å²) in [5.41, 5.74) is 1.25. The molecule has 16 heavy (non-hydrogen) atoms. The van der Waals surface area contributed by atoms with Crippen molar-refractivity contribution in [3.05, 3.63) is 46.0 Å². The summed E-state index contributed by atoms with van der Waals surface area (Å²) < 4.78 is 5.11. The van der Waals surface area contributed by atoms with Crippen molar-refractivity contribution in [3.8, 4) is 0 Å². The van der Waals surface area contributed by atoms with Crippen LogP contribution < -0.4 is 5.32 Å². The molecule has 86 valence electrons. The highest BCUT2D eigenvalue weighted by atomic mass is 32.1. The zero-order valence-corrected chi connectivity index (χ0v) is 10.5. The van der Waals surface area contributed by atoms with Gasteiger partial charge in [-0.1, -0.05) is 6.92 Å². The van der Waals surface area contributed by atoms with Crippen molar-refractivity contribution < 1.29 is 4.42 Å². The zero-order chi connectivity index (χ0) is 11.4. The molecule has 0 spiro atoms. The van der Waals surface area contributed by atoms with Gasteiger partial charge in [-0.05, 0) is 43.7 Å². The Morgan fingerprint density at radius 2 is 2.25 bits per heavy atom. The van der Waals surface area contributed by atoms with Gasteiger partial charge in [0.1, 0.15) is 0 Å². The second-order valence-corrected chi connectivity index (χ2v) is 5.21. The van der Waals surface area contributed by atoms with Gasteiger partial charge in [-0.15, -0.1) is 11.3 Å². The van der Waals surface area contributed by atoms with Crippen LogP contribution in [0.2, 0.25) is 0 Å². The summed E-state index contributed by atoms with van der Waals surface area (Å²) in [6.45, 7) is 5.28. The molecule has 0 aliphatic rings. The summed E-state index contributed by atoms with van der Waals surface area (Å²) in [7, 11) is 0. The van der Waals surface area contributed by atoms with Crippen LogP contribution in [-0.2, 0) is 6.42 Å². The molecule has 2 aromatic rings. The van der Waals surface area contributed by atoms with Gasteiger partial charge in [-0.2, -0.15) is 0 Å². The molecule has 2 nitrogen and oxygen atoms in total. The maximum Gasteiger partial charge on any atom is 0.0935 e. The van der Waals surface area contributed by atoms with Gasteiger partial charge in [0, 0.05) is 15.8 Å². The second-order valence-electron chi connectivity index (χ2n) is 3.89. The monoisotopic (exact) mass is 235 g/mol. The minimum atomic E-state index is 0.404. The molecule has 1 atom stereocenters. The van der Waals surface area contributed by atoms with Gasteiger partial charge in [0.25, 0.3) is 0 Å². The summed E-state index contributed by atoms with van der Waals surface area (Å²) in [5.74, 6) is 0. The van der Waals surface area contributed by atoms with E-state index in [-0.39, 0.29) is 0 Å². The summed E-state index contributed by atoms with van der Waals surface area (Å²) in [6, 6.07) is 6.83. The Bertz CT molecular complexity index is 419. The third kappa shape index (κ3) is 2.74. The van der Waals surface area contributed by atoms with Crippen LogP contribution in [0.15, 0.2) is 35.1 Å². The van der Waals surface area contributed by atoms with Gasteiger partial charge in [0.05, 0.1) is 12.5 Å². The molecule has 2 heterocycles. The quantitative estimate of drug-likeness (QED) is 0.857. The summed E-state index contributed by atoms with van der Waals surface area (Å²) >= 11 is 1.86. The number of aryl methyl sites for hydroxylation is 1. The normalized spacial score (nSPS) is 12.9. The number of hydrogen-bond acceptors (Lipinski definition) is 3. The number of likely N-dealkylation sites (N-methyl/N-ethyl adjacent to an activating group) is 1. The van der Waals surface area contributed by atoms with Crippen molar-refractivity contribution in [1.29, 1.82) is 0 Å². The molecule has 0 amide bonds. The standard InChI is InChI=1S/C13H17NOS/c1-3-14-12(8-11-6-7-15-9-11)13-5-4-10(2)16-13/h4-7,9,12,14H,3,8H2,1-2H3. The molecule has 0 aromatic carbocycles. The lowest BCUT2D eigenvalue weighted by molar-refractivity contribution is 0.540. The van der Waals surface area contributed by atoms with E-state index in [1.165, 1.54) is 15.3 Å². The third-order valence-corrected chi connectivity index (χ3v) is 3.69. The van der Waals surface area contributed by atoms with Crippen molar-refractivity contribution in [3.63, 3.8) is 0 Å². The third-order valence-electron chi connectivity index (χ3n) is 2.58. The van der Waals surface area contributed by atoms with Gasteiger partial charge in [-0.25, -0.2) is 0 Å². The minimum absolute atomic E-state index is 0.404. The van der Waals surface area contributed by atoms with Crippen LogP contribution in [0, 0.1) is 6.92 Å². The molecule has 0 radical (unpaired) electrons. The average molecular weight is 235 g/mol. The summed E-state index contributed by atoms with van der Waals surface area (Å²) in [5, 5.41) is 3.52. The predicted octanol–water partition coefficient (Wildman–Crippen LogP) is 3.54. The predicted molar refractivity (Wildman–Crippen MR) is 67.9 cm³/mol. The lowest BCUT2D eigenvalue weighted by Crippen LogP contribution is -2.21. The van der Waals surface area contributed by atoms with Crippen LogP contribution >= 0.6 is 11.3 Å². The first-order valence-corrected chi connectivity index (χ1v) is 6.42. The maximum atomic E-state index is 5.11. The topological polar surface area (TPSA) is 25.2 Å². The first-order chi connectivity index (χ1) is 7.79. The van der Waals surface area contributed by atoms with Gasteiger partial charge in [0.2, 0.25) is 0 Å². The number of thiophene rings is 1. The highest BCUT2D eigenvalue weighted by molar-refractivity contribution is 7.12. The minimum Gasteiger partial charge on any atom is -0.472 e. The molecule has 0 saturated heterocycles. The van der Waals surface area contributed by atoms with Crippen LogP contribution in [0.3, 0.4) is 0 Å². The zero-order valence-electron chi connectivity index (χ0n) is 9.69. The first-order valence-electron chi connectivity index (χ1n) is 5.60. The number of rotatable bonds is 5. The molecule has 0 saturated carbocycles. The number of nitrogens with one attached hydrogen (secondary N) is 1. The number of furan rings is 1. The van der Waals surface area contributed by atoms with Crippen molar-refractivity contribution in [2.45, 2.75) is 26.3 Å². The van der Waals surface area contributed by atoms with E-state index in [2.05, 4.69) is 31.3 Å². The molecule has 0 aliphatic heterocycles. The molecular formula is C13H17NOS. The molecule has 3 heteroatoms. The highest BCUT2D eigenvalue weighted by Gasteiger charge is 2.13. The van der Waals surface area contributed by atoms with Crippen LogP contribution in [0.25, 0.3) is 0 Å². The Morgan fingerprint density at radius 3 is 2.81 bits per heavy atom. The molecule has 0 fully saturated rings. The van der Waals surface area contributed by atoms with E-state index in [0.717, 1.165) is 13.0 Å². The van der Waals surface area contributed by atoms with Gasteiger partial charge >= 0.3 is 0 Å². The van der Waals surface area contributed by atoms with E-state index in [9.17, 15) is 0 Å². The van der Waals surface area contributed by atoms with Gasteiger partial charge < -0.3 is 9.73 Å². The average Bonchev–Trinajstić information content (AvgIpc) is 2.88.